The number of rotatable bonds is 7. The lowest BCUT2D eigenvalue weighted by Gasteiger charge is -2.27. The molecule has 0 N–H and O–H groups in total. The van der Waals surface area contributed by atoms with E-state index < -0.39 is 30.4 Å². The smallest absolute Gasteiger partial charge is 0.330 e. The van der Waals surface area contributed by atoms with Gasteiger partial charge < -0.3 is 9.64 Å². The molecule has 0 aliphatic carbocycles. The fraction of sp³-hybridized carbons (Fsp3) is 0.304. The van der Waals surface area contributed by atoms with Gasteiger partial charge in [-0.1, -0.05) is 56.3 Å². The topological polar surface area (TPSA) is 84.0 Å². The van der Waals surface area contributed by atoms with Crippen molar-refractivity contribution in [1.29, 1.82) is 0 Å². The zero-order valence-corrected chi connectivity index (χ0v) is 17.2. The first-order valence-corrected chi connectivity index (χ1v) is 9.72. The summed E-state index contributed by atoms with van der Waals surface area (Å²) in [7, 11) is 1.62. The van der Waals surface area contributed by atoms with Crippen LogP contribution in [0.1, 0.15) is 40.1 Å². The summed E-state index contributed by atoms with van der Waals surface area (Å²) in [6.45, 7) is 3.36. The molecular weight excluding hydrogens is 384 g/mol. The molecule has 1 atom stereocenters. The molecule has 0 fully saturated rings. The van der Waals surface area contributed by atoms with E-state index in [0.717, 1.165) is 10.5 Å². The number of ether oxygens (including phenoxy) is 1. The zero-order chi connectivity index (χ0) is 21.8. The van der Waals surface area contributed by atoms with Crippen molar-refractivity contribution >= 4 is 23.7 Å². The fourth-order valence-electron chi connectivity index (χ4n) is 3.41. The Kier molecular flexibility index (Phi) is 6.30. The van der Waals surface area contributed by atoms with Crippen LogP contribution in [0.4, 0.5) is 0 Å². The Bertz CT molecular complexity index is 936. The number of esters is 1. The standard InChI is InChI=1S/C23H24N2O5/c1-15(2)20(25-21(27)17-11-7-8-12-18(17)22(25)28)23(29)30-14-19(26)24(3)13-16-9-5-4-6-10-16/h4-12,15,20H,13-14H2,1-3H3/t20-/m0/s1. The molecular formula is C23H24N2O5. The van der Waals surface area contributed by atoms with Crippen LogP contribution in [0, 0.1) is 5.92 Å². The molecule has 30 heavy (non-hydrogen) atoms. The van der Waals surface area contributed by atoms with Gasteiger partial charge in [0.05, 0.1) is 11.1 Å². The highest BCUT2D eigenvalue weighted by Gasteiger charge is 2.44. The van der Waals surface area contributed by atoms with Crippen LogP contribution in [0.25, 0.3) is 0 Å². The summed E-state index contributed by atoms with van der Waals surface area (Å²) in [4.78, 5) is 53.0. The number of carbonyl (C=O) groups excluding carboxylic acids is 4. The van der Waals surface area contributed by atoms with Gasteiger partial charge in [-0.05, 0) is 23.6 Å². The minimum absolute atomic E-state index is 0.264. The minimum atomic E-state index is -1.11. The number of benzene rings is 2. The summed E-state index contributed by atoms with van der Waals surface area (Å²) in [6, 6.07) is 14.8. The Morgan fingerprint density at radius 3 is 2.00 bits per heavy atom. The molecule has 0 unspecified atom stereocenters. The molecule has 0 saturated carbocycles. The third kappa shape index (κ3) is 4.25. The van der Waals surface area contributed by atoms with E-state index in [4.69, 9.17) is 4.74 Å². The second-order valence-corrected chi connectivity index (χ2v) is 7.56. The van der Waals surface area contributed by atoms with Crippen molar-refractivity contribution in [3.8, 4) is 0 Å². The predicted molar refractivity (Wildman–Crippen MR) is 109 cm³/mol. The third-order valence-corrected chi connectivity index (χ3v) is 5.00. The van der Waals surface area contributed by atoms with Crippen molar-refractivity contribution in [2.24, 2.45) is 5.92 Å². The van der Waals surface area contributed by atoms with Crippen LogP contribution in [0.2, 0.25) is 0 Å². The second kappa shape index (κ2) is 8.90. The SMILES string of the molecule is CC(C)[C@@H](C(=O)OCC(=O)N(C)Cc1ccccc1)N1C(=O)c2ccccc2C1=O. The van der Waals surface area contributed by atoms with Gasteiger partial charge in [0.2, 0.25) is 0 Å². The highest BCUT2D eigenvalue weighted by molar-refractivity contribution is 6.22. The quantitative estimate of drug-likeness (QED) is 0.519. The number of likely N-dealkylation sites (N-methyl/N-ethyl adjacent to an activating group) is 1. The Labute approximate surface area is 175 Å². The summed E-state index contributed by atoms with van der Waals surface area (Å²) in [5.74, 6) is -2.59. The molecule has 0 radical (unpaired) electrons. The third-order valence-electron chi connectivity index (χ3n) is 5.00. The maximum atomic E-state index is 12.8. The molecule has 7 heteroatoms. The summed E-state index contributed by atoms with van der Waals surface area (Å²) in [6.07, 6.45) is 0. The second-order valence-electron chi connectivity index (χ2n) is 7.56. The lowest BCUT2D eigenvalue weighted by molar-refractivity contribution is -0.156. The van der Waals surface area contributed by atoms with Gasteiger partial charge in [0.25, 0.3) is 17.7 Å². The maximum Gasteiger partial charge on any atom is 0.330 e. The van der Waals surface area contributed by atoms with Crippen LogP contribution in [0.3, 0.4) is 0 Å². The summed E-state index contributed by atoms with van der Waals surface area (Å²) < 4.78 is 5.22. The fourth-order valence-corrected chi connectivity index (χ4v) is 3.41. The predicted octanol–water partition coefficient (Wildman–Crippen LogP) is 2.51. The van der Waals surface area contributed by atoms with E-state index in [1.54, 1.807) is 45.2 Å². The largest absolute Gasteiger partial charge is 0.454 e. The Balaban J connectivity index is 1.66. The van der Waals surface area contributed by atoms with Crippen molar-refractivity contribution in [1.82, 2.24) is 9.80 Å². The van der Waals surface area contributed by atoms with Crippen LogP contribution >= 0.6 is 0 Å². The monoisotopic (exact) mass is 408 g/mol. The van der Waals surface area contributed by atoms with Gasteiger partial charge in [-0.2, -0.15) is 0 Å². The summed E-state index contributed by atoms with van der Waals surface area (Å²) >= 11 is 0. The molecule has 1 aliphatic heterocycles. The molecule has 2 aromatic carbocycles. The van der Waals surface area contributed by atoms with Crippen molar-refractivity contribution in [2.75, 3.05) is 13.7 Å². The van der Waals surface area contributed by atoms with Crippen LogP contribution < -0.4 is 0 Å². The summed E-state index contributed by atoms with van der Waals surface area (Å²) in [5, 5.41) is 0. The minimum Gasteiger partial charge on any atom is -0.454 e. The summed E-state index contributed by atoms with van der Waals surface area (Å²) in [5.41, 5.74) is 1.48. The van der Waals surface area contributed by atoms with Gasteiger partial charge in [-0.25, -0.2) is 4.79 Å². The van der Waals surface area contributed by atoms with Gasteiger partial charge in [0, 0.05) is 13.6 Å². The molecule has 1 heterocycles. The Morgan fingerprint density at radius 1 is 0.933 bits per heavy atom. The average Bonchev–Trinajstić information content (AvgIpc) is 2.98. The van der Waals surface area contributed by atoms with Crippen LogP contribution in [-0.2, 0) is 20.9 Å². The van der Waals surface area contributed by atoms with Gasteiger partial charge in [0.15, 0.2) is 6.61 Å². The van der Waals surface area contributed by atoms with Crippen molar-refractivity contribution in [2.45, 2.75) is 26.4 Å². The number of nitrogens with zero attached hydrogens (tertiary/aromatic N) is 2. The molecule has 1 aliphatic rings. The molecule has 3 amide bonds. The van der Waals surface area contributed by atoms with E-state index in [1.165, 1.54) is 4.90 Å². The van der Waals surface area contributed by atoms with E-state index in [0.29, 0.717) is 6.54 Å². The molecule has 0 aromatic heterocycles. The van der Waals surface area contributed by atoms with E-state index in [-0.39, 0.29) is 23.0 Å². The number of fused-ring (bicyclic) bond motifs is 1. The molecule has 7 nitrogen and oxygen atoms in total. The number of hydrogen-bond acceptors (Lipinski definition) is 5. The van der Waals surface area contributed by atoms with Crippen molar-refractivity contribution < 1.29 is 23.9 Å². The van der Waals surface area contributed by atoms with Crippen LogP contribution in [-0.4, -0.2) is 53.2 Å². The zero-order valence-electron chi connectivity index (χ0n) is 17.2. The molecule has 0 bridgehead atoms. The normalized spacial score (nSPS) is 13.9. The van der Waals surface area contributed by atoms with E-state index >= 15 is 0 Å². The number of imide groups is 1. The number of carbonyl (C=O) groups is 4. The first-order chi connectivity index (χ1) is 14.3. The molecule has 156 valence electrons. The number of amides is 3. The average molecular weight is 408 g/mol. The lowest BCUT2D eigenvalue weighted by Crippen LogP contribution is -2.49. The van der Waals surface area contributed by atoms with Gasteiger partial charge in [0.1, 0.15) is 6.04 Å². The first kappa shape index (κ1) is 21.2. The molecule has 2 aromatic rings. The Morgan fingerprint density at radius 2 is 1.47 bits per heavy atom. The first-order valence-electron chi connectivity index (χ1n) is 9.72. The maximum absolute atomic E-state index is 12.8. The number of hydrogen-bond donors (Lipinski definition) is 0. The van der Waals surface area contributed by atoms with Crippen molar-refractivity contribution in [3.63, 3.8) is 0 Å². The van der Waals surface area contributed by atoms with E-state index in [1.807, 2.05) is 30.3 Å². The van der Waals surface area contributed by atoms with Crippen LogP contribution in [0.5, 0.6) is 0 Å². The Hall–Kier alpha value is -3.48. The van der Waals surface area contributed by atoms with E-state index in [2.05, 4.69) is 0 Å². The molecule has 3 rings (SSSR count). The van der Waals surface area contributed by atoms with Crippen LogP contribution in [0.15, 0.2) is 54.6 Å². The van der Waals surface area contributed by atoms with Gasteiger partial charge >= 0.3 is 5.97 Å². The van der Waals surface area contributed by atoms with Crippen molar-refractivity contribution in [3.05, 3.63) is 71.3 Å². The highest BCUT2D eigenvalue weighted by atomic mass is 16.5. The molecule has 0 spiro atoms. The molecule has 0 saturated heterocycles. The highest BCUT2D eigenvalue weighted by Crippen LogP contribution is 2.27. The lowest BCUT2D eigenvalue weighted by atomic mass is 10.0. The van der Waals surface area contributed by atoms with Gasteiger partial charge in [-0.3, -0.25) is 19.3 Å². The van der Waals surface area contributed by atoms with E-state index in [9.17, 15) is 19.2 Å². The van der Waals surface area contributed by atoms with Gasteiger partial charge in [-0.15, -0.1) is 0 Å².